The van der Waals surface area contributed by atoms with Crippen molar-refractivity contribution in [1.29, 1.82) is 0 Å². The van der Waals surface area contributed by atoms with Crippen LogP contribution in [0.15, 0.2) is 53.2 Å². The van der Waals surface area contributed by atoms with E-state index in [0.29, 0.717) is 22.9 Å². The monoisotopic (exact) mass is 546 g/mol. The Morgan fingerprint density at radius 3 is 2.63 bits per heavy atom. The summed E-state index contributed by atoms with van der Waals surface area (Å²) in [6.45, 7) is 3.80. The fraction of sp³-hybridized carbons (Fsp3) is 0.281. The van der Waals surface area contributed by atoms with Crippen molar-refractivity contribution in [2.45, 2.75) is 52.0 Å². The molecule has 0 saturated heterocycles. The molecule has 4 heterocycles. The number of nitrogens with one attached hydrogen (secondary N) is 2. The van der Waals surface area contributed by atoms with E-state index in [1.807, 2.05) is 56.3 Å². The summed E-state index contributed by atoms with van der Waals surface area (Å²) >= 11 is 0. The summed E-state index contributed by atoms with van der Waals surface area (Å²) in [6, 6.07) is 14.1. The van der Waals surface area contributed by atoms with Crippen LogP contribution >= 0.6 is 0 Å². The van der Waals surface area contributed by atoms with Gasteiger partial charge >= 0.3 is 0 Å². The summed E-state index contributed by atoms with van der Waals surface area (Å²) in [4.78, 5) is 31.2. The SMILES string of the molecule is COc1cc2c(cc1-c1c(C)noc1C)[nH]c1nc(C(=O)NC3CCCCC3)nc(-c3ccnc4ccccc34)c12. The van der Waals surface area contributed by atoms with Crippen LogP contribution in [0.2, 0.25) is 0 Å². The summed E-state index contributed by atoms with van der Waals surface area (Å²) in [5.41, 5.74) is 6.35. The number of fused-ring (bicyclic) bond motifs is 4. The molecule has 1 fully saturated rings. The molecule has 0 radical (unpaired) electrons. The third kappa shape index (κ3) is 4.28. The van der Waals surface area contributed by atoms with Gasteiger partial charge in [-0.15, -0.1) is 0 Å². The quantitative estimate of drug-likeness (QED) is 0.248. The standard InChI is InChI=1S/C32H30N6O3/c1-17-27(18(2)41-38-17)23-15-25-22(16-26(23)40-3)28-29(21-13-14-33-24-12-8-7-11-20(21)24)36-31(37-30(28)35-25)32(39)34-19-9-5-4-6-10-19/h7-8,11-16,19H,4-6,9-10H2,1-3H3,(H,34,39)(H,35,36,37). The van der Waals surface area contributed by atoms with Gasteiger partial charge in [0.05, 0.1) is 35.0 Å². The molecule has 9 nitrogen and oxygen atoms in total. The minimum atomic E-state index is -0.258. The second-order valence-electron chi connectivity index (χ2n) is 10.7. The van der Waals surface area contributed by atoms with E-state index in [4.69, 9.17) is 19.2 Å². The number of pyridine rings is 1. The normalized spacial score (nSPS) is 14.2. The van der Waals surface area contributed by atoms with Crippen molar-refractivity contribution in [2.75, 3.05) is 7.11 Å². The fourth-order valence-corrected chi connectivity index (χ4v) is 6.15. The van der Waals surface area contributed by atoms with Crippen molar-refractivity contribution in [2.24, 2.45) is 0 Å². The topological polar surface area (TPSA) is 119 Å². The highest BCUT2D eigenvalue weighted by atomic mass is 16.5. The van der Waals surface area contributed by atoms with Crippen molar-refractivity contribution in [3.63, 3.8) is 0 Å². The van der Waals surface area contributed by atoms with E-state index in [1.165, 1.54) is 6.42 Å². The number of para-hydroxylation sites is 1. The number of carbonyl (C=O) groups is 1. The van der Waals surface area contributed by atoms with Crippen LogP contribution < -0.4 is 10.1 Å². The van der Waals surface area contributed by atoms with E-state index in [-0.39, 0.29) is 17.8 Å². The lowest BCUT2D eigenvalue weighted by molar-refractivity contribution is 0.0917. The Bertz CT molecular complexity index is 1930. The molecule has 4 aromatic heterocycles. The molecular weight excluding hydrogens is 516 g/mol. The molecule has 7 rings (SSSR count). The number of aromatic nitrogens is 5. The van der Waals surface area contributed by atoms with Gasteiger partial charge in [-0.1, -0.05) is 42.6 Å². The lowest BCUT2D eigenvalue weighted by Crippen LogP contribution is -2.37. The molecule has 6 aromatic rings. The summed E-state index contributed by atoms with van der Waals surface area (Å²) in [5.74, 6) is 1.27. The van der Waals surface area contributed by atoms with E-state index in [9.17, 15) is 4.79 Å². The number of aromatic amines is 1. The number of hydrogen-bond donors (Lipinski definition) is 2. The average molecular weight is 547 g/mol. The van der Waals surface area contributed by atoms with Crippen molar-refractivity contribution in [1.82, 2.24) is 30.4 Å². The van der Waals surface area contributed by atoms with Crippen molar-refractivity contribution in [3.05, 3.63) is 65.9 Å². The molecule has 1 saturated carbocycles. The lowest BCUT2D eigenvalue weighted by atomic mass is 9.95. The zero-order valence-corrected chi connectivity index (χ0v) is 23.2. The Balaban J connectivity index is 1.48. The number of aryl methyl sites for hydroxylation is 2. The van der Waals surface area contributed by atoms with E-state index in [2.05, 4.69) is 20.4 Å². The van der Waals surface area contributed by atoms with Crippen LogP contribution in [0.3, 0.4) is 0 Å². The predicted octanol–water partition coefficient (Wildman–Crippen LogP) is 6.67. The van der Waals surface area contributed by atoms with Crippen molar-refractivity contribution in [3.8, 4) is 28.1 Å². The number of rotatable bonds is 5. The number of hydrogen-bond acceptors (Lipinski definition) is 7. The molecular formula is C32H30N6O3. The molecule has 1 aliphatic carbocycles. The predicted molar refractivity (Wildman–Crippen MR) is 158 cm³/mol. The minimum Gasteiger partial charge on any atom is -0.496 e. The van der Waals surface area contributed by atoms with Gasteiger partial charge in [-0.25, -0.2) is 9.97 Å². The molecule has 0 spiro atoms. The number of amides is 1. The van der Waals surface area contributed by atoms with E-state index in [0.717, 1.165) is 75.3 Å². The third-order valence-corrected chi connectivity index (χ3v) is 8.12. The van der Waals surface area contributed by atoms with Crippen molar-refractivity contribution < 1.29 is 14.1 Å². The number of nitrogens with zero attached hydrogens (tertiary/aromatic N) is 4. The second kappa shape index (κ2) is 9.99. The molecule has 206 valence electrons. The lowest BCUT2D eigenvalue weighted by Gasteiger charge is -2.22. The molecule has 2 aromatic carbocycles. The molecule has 0 bridgehead atoms. The smallest absolute Gasteiger partial charge is 0.289 e. The van der Waals surface area contributed by atoms with Crippen LogP contribution in [0.4, 0.5) is 0 Å². The van der Waals surface area contributed by atoms with Gasteiger partial charge in [0.25, 0.3) is 5.91 Å². The van der Waals surface area contributed by atoms with Gasteiger partial charge < -0.3 is 19.6 Å². The highest BCUT2D eigenvalue weighted by molar-refractivity contribution is 6.16. The van der Waals surface area contributed by atoms with E-state index >= 15 is 0 Å². The molecule has 2 N–H and O–H groups in total. The number of ether oxygens (including phenoxy) is 1. The maximum Gasteiger partial charge on any atom is 0.289 e. The molecule has 0 unspecified atom stereocenters. The minimum absolute atomic E-state index is 0.142. The van der Waals surface area contributed by atoms with Crippen LogP contribution in [-0.2, 0) is 0 Å². The Labute approximate surface area is 236 Å². The van der Waals surface area contributed by atoms with Crippen LogP contribution in [0, 0.1) is 13.8 Å². The van der Waals surface area contributed by atoms with Gasteiger partial charge in [-0.2, -0.15) is 0 Å². The Morgan fingerprint density at radius 2 is 1.85 bits per heavy atom. The molecule has 0 atom stereocenters. The van der Waals surface area contributed by atoms with Gasteiger partial charge in [0, 0.05) is 39.7 Å². The van der Waals surface area contributed by atoms with Gasteiger partial charge in [0.15, 0.2) is 0 Å². The van der Waals surface area contributed by atoms with E-state index in [1.54, 1.807) is 13.3 Å². The first-order chi connectivity index (χ1) is 20.0. The third-order valence-electron chi connectivity index (χ3n) is 8.12. The fourth-order valence-electron chi connectivity index (χ4n) is 6.15. The molecule has 1 amide bonds. The van der Waals surface area contributed by atoms with Gasteiger partial charge in [0.1, 0.15) is 17.2 Å². The Morgan fingerprint density at radius 1 is 1.02 bits per heavy atom. The first-order valence-corrected chi connectivity index (χ1v) is 14.0. The Hall–Kier alpha value is -4.79. The highest BCUT2D eigenvalue weighted by Crippen LogP contribution is 2.42. The first-order valence-electron chi connectivity index (χ1n) is 14.0. The number of methoxy groups -OCH3 is 1. The summed E-state index contributed by atoms with van der Waals surface area (Å²) < 4.78 is 11.3. The summed E-state index contributed by atoms with van der Waals surface area (Å²) in [5, 5.41) is 9.97. The van der Waals surface area contributed by atoms with Crippen molar-refractivity contribution >= 4 is 38.7 Å². The number of carbonyl (C=O) groups excluding carboxylic acids is 1. The van der Waals surface area contributed by atoms with Gasteiger partial charge in [0.2, 0.25) is 5.82 Å². The number of H-pyrrole nitrogens is 1. The van der Waals surface area contributed by atoms with Gasteiger partial charge in [-0.3, -0.25) is 9.78 Å². The van der Waals surface area contributed by atoms with Crippen LogP contribution in [0.25, 0.3) is 55.2 Å². The molecule has 1 aliphatic rings. The van der Waals surface area contributed by atoms with Gasteiger partial charge in [-0.05, 0) is 51.0 Å². The second-order valence-corrected chi connectivity index (χ2v) is 10.7. The Kier molecular flexibility index (Phi) is 6.14. The molecule has 41 heavy (non-hydrogen) atoms. The molecule has 9 heteroatoms. The van der Waals surface area contributed by atoms with Crippen LogP contribution in [0.5, 0.6) is 5.75 Å². The maximum atomic E-state index is 13.5. The summed E-state index contributed by atoms with van der Waals surface area (Å²) in [7, 11) is 1.65. The zero-order chi connectivity index (χ0) is 28.1. The highest BCUT2D eigenvalue weighted by Gasteiger charge is 2.25. The van der Waals surface area contributed by atoms with Crippen LogP contribution in [-0.4, -0.2) is 44.2 Å². The maximum absolute atomic E-state index is 13.5. The molecule has 0 aliphatic heterocycles. The summed E-state index contributed by atoms with van der Waals surface area (Å²) in [6.07, 6.45) is 7.19. The zero-order valence-electron chi connectivity index (χ0n) is 23.2. The first kappa shape index (κ1) is 25.2. The number of benzene rings is 2. The van der Waals surface area contributed by atoms with E-state index < -0.39 is 0 Å². The average Bonchev–Trinajstić information content (AvgIpc) is 3.53. The largest absolute Gasteiger partial charge is 0.496 e. The van der Waals surface area contributed by atoms with Crippen LogP contribution in [0.1, 0.15) is 54.2 Å².